The number of amides is 2. The number of rotatable bonds is 9. The van der Waals surface area contributed by atoms with Gasteiger partial charge in [-0.05, 0) is 56.2 Å². The van der Waals surface area contributed by atoms with Gasteiger partial charge >= 0.3 is 5.69 Å². The summed E-state index contributed by atoms with van der Waals surface area (Å²) in [6.45, 7) is 9.24. The normalized spacial score (nSPS) is 14.3. The Hall–Kier alpha value is -3.63. The molecule has 3 aromatic rings. The fourth-order valence-electron chi connectivity index (χ4n) is 4.76. The number of nitrogens with zero attached hydrogens (tertiary/aromatic N) is 3. The van der Waals surface area contributed by atoms with Crippen LogP contribution in [0.4, 0.5) is 11.4 Å². The molecule has 0 saturated carbocycles. The summed E-state index contributed by atoms with van der Waals surface area (Å²) < 4.78 is 8.11. The summed E-state index contributed by atoms with van der Waals surface area (Å²) in [5, 5.41) is 6.57. The van der Waals surface area contributed by atoms with Crippen molar-refractivity contribution in [2.75, 3.05) is 43.1 Å². The van der Waals surface area contributed by atoms with Gasteiger partial charge in [-0.15, -0.1) is 0 Å². The minimum atomic E-state index is -0.382. The van der Waals surface area contributed by atoms with Crippen LogP contribution in [0.1, 0.15) is 37.6 Å². The highest BCUT2D eigenvalue weighted by Gasteiger charge is 2.18. The number of fused-ring (bicyclic) bond motifs is 1. The van der Waals surface area contributed by atoms with Gasteiger partial charge in [-0.2, -0.15) is 0 Å². The summed E-state index contributed by atoms with van der Waals surface area (Å²) in [7, 11) is 0. The van der Waals surface area contributed by atoms with Crippen molar-refractivity contribution in [3.8, 4) is 0 Å². The van der Waals surface area contributed by atoms with E-state index in [-0.39, 0.29) is 41.9 Å². The molecular weight excluding hydrogens is 522 g/mol. The molecule has 2 aromatic carbocycles. The zero-order valence-electron chi connectivity index (χ0n) is 22.5. The van der Waals surface area contributed by atoms with Gasteiger partial charge in [0.2, 0.25) is 5.91 Å². The van der Waals surface area contributed by atoms with E-state index in [1.807, 2.05) is 19.9 Å². The molecule has 1 fully saturated rings. The average Bonchev–Trinajstić information content (AvgIpc) is 2.93. The first-order valence-corrected chi connectivity index (χ1v) is 13.6. The molecular formula is C28H34ClN5O5. The number of benzene rings is 2. The maximum Gasteiger partial charge on any atom is 0.331 e. The summed E-state index contributed by atoms with van der Waals surface area (Å²) in [5.74, 6) is -0.643. The predicted molar refractivity (Wildman–Crippen MR) is 153 cm³/mol. The summed E-state index contributed by atoms with van der Waals surface area (Å²) in [5.41, 5.74) is 1.60. The van der Waals surface area contributed by atoms with Crippen LogP contribution in [0.15, 0.2) is 46.0 Å². The highest BCUT2D eigenvalue weighted by molar-refractivity contribution is 6.33. The van der Waals surface area contributed by atoms with Crippen molar-refractivity contribution in [1.82, 2.24) is 14.5 Å². The van der Waals surface area contributed by atoms with Crippen LogP contribution in [0.3, 0.4) is 0 Å². The van der Waals surface area contributed by atoms with Gasteiger partial charge in [0.25, 0.3) is 11.5 Å². The molecule has 2 N–H and O–H groups in total. The van der Waals surface area contributed by atoms with E-state index < -0.39 is 0 Å². The van der Waals surface area contributed by atoms with Gasteiger partial charge in [-0.25, -0.2) is 4.79 Å². The summed E-state index contributed by atoms with van der Waals surface area (Å²) >= 11 is 6.45. The van der Waals surface area contributed by atoms with E-state index in [0.29, 0.717) is 53.5 Å². The van der Waals surface area contributed by atoms with Gasteiger partial charge in [0, 0.05) is 50.4 Å². The van der Waals surface area contributed by atoms with Crippen molar-refractivity contribution in [2.45, 2.75) is 40.3 Å². The van der Waals surface area contributed by atoms with Gasteiger partial charge in [0.15, 0.2) is 0 Å². The predicted octanol–water partition coefficient (Wildman–Crippen LogP) is 3.09. The van der Waals surface area contributed by atoms with Gasteiger partial charge < -0.3 is 20.3 Å². The number of halogens is 1. The molecule has 1 atom stereocenters. The van der Waals surface area contributed by atoms with E-state index in [2.05, 4.69) is 15.5 Å². The van der Waals surface area contributed by atoms with Crippen LogP contribution in [0, 0.1) is 5.92 Å². The Labute approximate surface area is 231 Å². The molecule has 2 amide bonds. The van der Waals surface area contributed by atoms with Crippen molar-refractivity contribution < 1.29 is 14.3 Å². The first-order valence-electron chi connectivity index (χ1n) is 13.2. The number of morpholine rings is 1. The molecule has 1 aliphatic rings. The SMILES string of the molecule is CCn1c(=O)c2cc(NC(=O)CC(C)CNC(=O)c3ccc(N4CCOCC4)c(Cl)c3)ccc2n(CC)c1=O. The molecule has 0 spiro atoms. The third-order valence-electron chi connectivity index (χ3n) is 6.85. The standard InChI is InChI=1S/C28H34ClN5O5/c1-4-33-23-9-7-20(16-21(23)27(37)34(5-2)28(33)38)31-25(35)14-18(3)17-30-26(36)19-6-8-24(22(29)15-19)32-10-12-39-13-11-32/h6-9,15-16,18H,4-5,10-14,17H2,1-3H3,(H,30,36)(H,31,35). The zero-order valence-corrected chi connectivity index (χ0v) is 23.2. The lowest BCUT2D eigenvalue weighted by Crippen LogP contribution is -2.39. The molecule has 1 aliphatic heterocycles. The Morgan fingerprint density at radius 3 is 2.41 bits per heavy atom. The molecule has 0 aliphatic carbocycles. The van der Waals surface area contributed by atoms with E-state index >= 15 is 0 Å². The smallest absolute Gasteiger partial charge is 0.331 e. The third-order valence-corrected chi connectivity index (χ3v) is 7.15. The molecule has 1 saturated heterocycles. The van der Waals surface area contributed by atoms with Gasteiger partial charge in [-0.1, -0.05) is 18.5 Å². The molecule has 39 heavy (non-hydrogen) atoms. The molecule has 10 nitrogen and oxygen atoms in total. The Kier molecular flexibility index (Phi) is 9.08. The van der Waals surface area contributed by atoms with Crippen LogP contribution in [0.25, 0.3) is 10.9 Å². The minimum absolute atomic E-state index is 0.139. The number of aryl methyl sites for hydroxylation is 1. The second-order valence-corrected chi connectivity index (χ2v) is 10.0. The van der Waals surface area contributed by atoms with Crippen LogP contribution < -0.4 is 26.8 Å². The van der Waals surface area contributed by atoms with E-state index in [9.17, 15) is 19.2 Å². The Morgan fingerprint density at radius 2 is 1.74 bits per heavy atom. The van der Waals surface area contributed by atoms with Crippen LogP contribution in [0.2, 0.25) is 5.02 Å². The van der Waals surface area contributed by atoms with E-state index in [1.54, 1.807) is 41.8 Å². The molecule has 2 heterocycles. The molecule has 11 heteroatoms. The average molecular weight is 556 g/mol. The second kappa shape index (κ2) is 12.5. The third kappa shape index (κ3) is 6.34. The van der Waals surface area contributed by atoms with Crippen molar-refractivity contribution in [3.63, 3.8) is 0 Å². The highest BCUT2D eigenvalue weighted by atomic mass is 35.5. The Bertz CT molecular complexity index is 1490. The topological polar surface area (TPSA) is 115 Å². The number of anilines is 2. The molecule has 1 aromatic heterocycles. The summed E-state index contributed by atoms with van der Waals surface area (Å²) in [6, 6.07) is 10.2. The lowest BCUT2D eigenvalue weighted by molar-refractivity contribution is -0.116. The highest BCUT2D eigenvalue weighted by Crippen LogP contribution is 2.27. The Morgan fingerprint density at radius 1 is 1.03 bits per heavy atom. The van der Waals surface area contributed by atoms with Crippen molar-refractivity contribution >= 4 is 45.7 Å². The quantitative estimate of drug-likeness (QED) is 0.419. The van der Waals surface area contributed by atoms with E-state index in [0.717, 1.165) is 18.8 Å². The number of ether oxygens (including phenoxy) is 1. The zero-order chi connectivity index (χ0) is 28.1. The minimum Gasteiger partial charge on any atom is -0.378 e. The fourth-order valence-corrected chi connectivity index (χ4v) is 5.06. The fraction of sp³-hybridized carbons (Fsp3) is 0.429. The first-order chi connectivity index (χ1) is 18.7. The molecule has 0 bridgehead atoms. The van der Waals surface area contributed by atoms with Crippen molar-refractivity contribution in [3.05, 3.63) is 67.8 Å². The van der Waals surface area contributed by atoms with E-state index in [4.69, 9.17) is 16.3 Å². The van der Waals surface area contributed by atoms with Crippen LogP contribution in [0.5, 0.6) is 0 Å². The largest absolute Gasteiger partial charge is 0.378 e. The van der Waals surface area contributed by atoms with Gasteiger partial charge in [-0.3, -0.25) is 23.5 Å². The number of carbonyl (C=O) groups excluding carboxylic acids is 2. The number of nitrogens with one attached hydrogen (secondary N) is 2. The summed E-state index contributed by atoms with van der Waals surface area (Å²) in [4.78, 5) is 52.9. The number of hydrogen-bond donors (Lipinski definition) is 2. The molecule has 4 rings (SSSR count). The summed E-state index contributed by atoms with van der Waals surface area (Å²) in [6.07, 6.45) is 0.169. The van der Waals surface area contributed by atoms with Crippen molar-refractivity contribution in [1.29, 1.82) is 0 Å². The molecule has 208 valence electrons. The van der Waals surface area contributed by atoms with Crippen molar-refractivity contribution in [2.24, 2.45) is 5.92 Å². The monoisotopic (exact) mass is 555 g/mol. The number of hydrogen-bond acceptors (Lipinski definition) is 6. The number of aromatic nitrogens is 2. The lowest BCUT2D eigenvalue weighted by atomic mass is 10.1. The number of carbonyl (C=O) groups is 2. The van der Waals surface area contributed by atoms with Crippen LogP contribution in [-0.4, -0.2) is 53.8 Å². The Balaban J connectivity index is 1.35. The van der Waals surface area contributed by atoms with Gasteiger partial charge in [0.05, 0.1) is 34.8 Å². The molecule has 0 radical (unpaired) electrons. The van der Waals surface area contributed by atoms with Crippen LogP contribution >= 0.6 is 11.6 Å². The molecule has 1 unspecified atom stereocenters. The maximum absolute atomic E-state index is 12.8. The lowest BCUT2D eigenvalue weighted by Gasteiger charge is -2.29. The second-order valence-electron chi connectivity index (χ2n) is 9.64. The van der Waals surface area contributed by atoms with E-state index in [1.165, 1.54) is 4.57 Å². The maximum atomic E-state index is 12.8. The van der Waals surface area contributed by atoms with Crippen LogP contribution in [-0.2, 0) is 22.6 Å². The van der Waals surface area contributed by atoms with Gasteiger partial charge in [0.1, 0.15) is 0 Å². The first kappa shape index (κ1) is 28.4.